The number of rotatable bonds is 8. The second-order valence-corrected chi connectivity index (χ2v) is 5.95. The molecule has 7 nitrogen and oxygen atoms in total. The Kier molecular flexibility index (Phi) is 6.00. The summed E-state index contributed by atoms with van der Waals surface area (Å²) in [5.41, 5.74) is 2.03. The first-order valence-corrected chi connectivity index (χ1v) is 7.68. The fourth-order valence-corrected chi connectivity index (χ4v) is 2.65. The first-order chi connectivity index (χ1) is 9.01. The summed E-state index contributed by atoms with van der Waals surface area (Å²) in [7, 11) is -3.57. The summed E-state index contributed by atoms with van der Waals surface area (Å²) in [5, 5.41) is 0. The van der Waals surface area contributed by atoms with Crippen LogP contribution >= 0.6 is 0 Å². The second kappa shape index (κ2) is 7.27. The standard InChI is InChI=1S/C11H20N4O3S/c1-2-3-4-5-6-14-19(17,18)9-7-10(13-8-9)11(16)15-12/h7-8,13-14H,2-6,12H2,1H3,(H,15,16). The highest BCUT2D eigenvalue weighted by Gasteiger charge is 2.17. The fraction of sp³-hybridized carbons (Fsp3) is 0.545. The molecule has 0 radical (unpaired) electrons. The second-order valence-electron chi connectivity index (χ2n) is 4.18. The van der Waals surface area contributed by atoms with E-state index in [0.717, 1.165) is 25.7 Å². The predicted molar refractivity (Wildman–Crippen MR) is 71.8 cm³/mol. The highest BCUT2D eigenvalue weighted by atomic mass is 32.2. The molecule has 19 heavy (non-hydrogen) atoms. The fourth-order valence-electron chi connectivity index (χ4n) is 1.58. The number of aromatic amines is 1. The predicted octanol–water partition coefficient (Wildman–Crippen LogP) is 0.477. The van der Waals surface area contributed by atoms with Crippen molar-refractivity contribution in [1.82, 2.24) is 15.1 Å². The minimum absolute atomic E-state index is 0.0293. The molecule has 0 spiro atoms. The van der Waals surface area contributed by atoms with Gasteiger partial charge in [0.1, 0.15) is 10.6 Å². The molecular formula is C11H20N4O3S. The normalized spacial score (nSPS) is 11.5. The molecule has 0 aliphatic rings. The van der Waals surface area contributed by atoms with Gasteiger partial charge < -0.3 is 4.98 Å². The quantitative estimate of drug-likeness (QED) is 0.241. The maximum atomic E-state index is 11.9. The van der Waals surface area contributed by atoms with E-state index < -0.39 is 15.9 Å². The van der Waals surface area contributed by atoms with Gasteiger partial charge in [0.15, 0.2) is 0 Å². The molecule has 0 bridgehead atoms. The van der Waals surface area contributed by atoms with Gasteiger partial charge in [-0.15, -0.1) is 0 Å². The highest BCUT2D eigenvalue weighted by Crippen LogP contribution is 2.10. The number of nitrogen functional groups attached to an aromatic ring is 1. The molecule has 0 unspecified atom stereocenters. The Morgan fingerprint density at radius 2 is 2.11 bits per heavy atom. The summed E-state index contributed by atoms with van der Waals surface area (Å²) in [6.07, 6.45) is 5.24. The Hall–Kier alpha value is -1.38. The van der Waals surface area contributed by atoms with Gasteiger partial charge in [0.2, 0.25) is 10.0 Å². The zero-order chi connectivity index (χ0) is 14.3. The van der Waals surface area contributed by atoms with E-state index in [9.17, 15) is 13.2 Å². The summed E-state index contributed by atoms with van der Waals surface area (Å²) >= 11 is 0. The number of H-pyrrole nitrogens is 1. The first kappa shape index (κ1) is 15.7. The lowest BCUT2D eigenvalue weighted by molar-refractivity contribution is 0.0949. The molecule has 1 amide bonds. The van der Waals surface area contributed by atoms with E-state index in [1.54, 1.807) is 0 Å². The number of aromatic nitrogens is 1. The number of nitrogens with two attached hydrogens (primary N) is 1. The van der Waals surface area contributed by atoms with Gasteiger partial charge in [-0.3, -0.25) is 10.2 Å². The minimum atomic E-state index is -3.57. The monoisotopic (exact) mass is 288 g/mol. The number of hydrogen-bond donors (Lipinski definition) is 4. The maximum Gasteiger partial charge on any atom is 0.281 e. The van der Waals surface area contributed by atoms with Gasteiger partial charge in [0.05, 0.1) is 0 Å². The Morgan fingerprint density at radius 3 is 2.74 bits per heavy atom. The van der Waals surface area contributed by atoms with E-state index in [4.69, 9.17) is 5.84 Å². The summed E-state index contributed by atoms with van der Waals surface area (Å²) in [6.45, 7) is 2.49. The van der Waals surface area contributed by atoms with Gasteiger partial charge in [0, 0.05) is 12.7 Å². The Bertz CT molecular complexity index is 510. The Morgan fingerprint density at radius 1 is 1.37 bits per heavy atom. The Labute approximate surface area is 113 Å². The third-order valence-electron chi connectivity index (χ3n) is 2.66. The lowest BCUT2D eigenvalue weighted by Gasteiger charge is -2.04. The number of carbonyl (C=O) groups is 1. The van der Waals surface area contributed by atoms with E-state index in [1.807, 2.05) is 5.43 Å². The highest BCUT2D eigenvalue weighted by molar-refractivity contribution is 7.89. The number of hydrogen-bond acceptors (Lipinski definition) is 4. The third kappa shape index (κ3) is 4.66. The van der Waals surface area contributed by atoms with Gasteiger partial charge >= 0.3 is 0 Å². The molecule has 1 aromatic rings. The molecule has 5 N–H and O–H groups in total. The van der Waals surface area contributed by atoms with Crippen molar-refractivity contribution in [3.8, 4) is 0 Å². The molecule has 0 aliphatic carbocycles. The zero-order valence-electron chi connectivity index (χ0n) is 10.9. The molecule has 1 rings (SSSR count). The topological polar surface area (TPSA) is 117 Å². The Balaban J connectivity index is 2.57. The van der Waals surface area contributed by atoms with Crippen LogP contribution in [0, 0.1) is 0 Å². The lowest BCUT2D eigenvalue weighted by Crippen LogP contribution is -2.30. The van der Waals surface area contributed by atoms with Crippen molar-refractivity contribution in [2.75, 3.05) is 6.54 Å². The van der Waals surface area contributed by atoms with Gasteiger partial charge in [-0.2, -0.15) is 0 Å². The van der Waals surface area contributed by atoms with Crippen molar-refractivity contribution < 1.29 is 13.2 Å². The van der Waals surface area contributed by atoms with Crippen molar-refractivity contribution in [1.29, 1.82) is 0 Å². The van der Waals surface area contributed by atoms with Crippen LogP contribution in [0.25, 0.3) is 0 Å². The largest absolute Gasteiger partial charge is 0.356 e. The number of hydrazine groups is 1. The number of nitrogens with one attached hydrogen (secondary N) is 3. The average Bonchev–Trinajstić information content (AvgIpc) is 2.88. The maximum absolute atomic E-state index is 11.9. The van der Waals surface area contributed by atoms with Crippen molar-refractivity contribution in [3.05, 3.63) is 18.0 Å². The lowest BCUT2D eigenvalue weighted by atomic mass is 10.2. The van der Waals surface area contributed by atoms with E-state index in [2.05, 4.69) is 16.6 Å². The number of carbonyl (C=O) groups excluding carboxylic acids is 1. The minimum Gasteiger partial charge on any atom is -0.356 e. The summed E-state index contributed by atoms with van der Waals surface area (Å²) in [6, 6.07) is 1.25. The van der Waals surface area contributed by atoms with Gasteiger partial charge in [-0.05, 0) is 12.5 Å². The van der Waals surface area contributed by atoms with Crippen LogP contribution in [0.15, 0.2) is 17.2 Å². The molecule has 1 heterocycles. The third-order valence-corrected chi connectivity index (χ3v) is 4.11. The van der Waals surface area contributed by atoms with Crippen molar-refractivity contribution in [2.45, 2.75) is 37.5 Å². The average molecular weight is 288 g/mol. The van der Waals surface area contributed by atoms with Crippen molar-refractivity contribution in [3.63, 3.8) is 0 Å². The van der Waals surface area contributed by atoms with Gasteiger partial charge in [0.25, 0.3) is 5.91 Å². The van der Waals surface area contributed by atoms with Crippen LogP contribution in [0.4, 0.5) is 0 Å². The number of sulfonamides is 1. The van der Waals surface area contributed by atoms with Crippen LogP contribution in [0.3, 0.4) is 0 Å². The summed E-state index contributed by atoms with van der Waals surface area (Å²) in [5.74, 6) is 4.40. The van der Waals surface area contributed by atoms with Crippen molar-refractivity contribution in [2.24, 2.45) is 5.84 Å². The molecule has 0 aliphatic heterocycles. The van der Waals surface area contributed by atoms with Crippen LogP contribution in [-0.4, -0.2) is 25.9 Å². The number of amides is 1. The van der Waals surface area contributed by atoms with Crippen LogP contribution in [0.1, 0.15) is 43.1 Å². The van der Waals surface area contributed by atoms with E-state index in [-0.39, 0.29) is 10.6 Å². The number of unbranched alkanes of at least 4 members (excludes halogenated alkanes) is 3. The van der Waals surface area contributed by atoms with Gasteiger partial charge in [-0.25, -0.2) is 19.0 Å². The molecule has 0 saturated heterocycles. The molecule has 8 heteroatoms. The molecule has 0 saturated carbocycles. The van der Waals surface area contributed by atoms with Crippen LogP contribution in [0.5, 0.6) is 0 Å². The smallest absolute Gasteiger partial charge is 0.281 e. The zero-order valence-corrected chi connectivity index (χ0v) is 11.7. The molecular weight excluding hydrogens is 268 g/mol. The molecule has 1 aromatic heterocycles. The van der Waals surface area contributed by atoms with E-state index in [0.29, 0.717) is 6.54 Å². The van der Waals surface area contributed by atoms with Crippen LogP contribution in [0.2, 0.25) is 0 Å². The van der Waals surface area contributed by atoms with Gasteiger partial charge in [-0.1, -0.05) is 26.2 Å². The van der Waals surface area contributed by atoms with E-state index >= 15 is 0 Å². The molecule has 108 valence electrons. The van der Waals surface area contributed by atoms with Crippen molar-refractivity contribution >= 4 is 15.9 Å². The summed E-state index contributed by atoms with van der Waals surface area (Å²) < 4.78 is 26.3. The SMILES string of the molecule is CCCCCCNS(=O)(=O)c1c[nH]c(C(=O)NN)c1. The molecule has 0 aromatic carbocycles. The first-order valence-electron chi connectivity index (χ1n) is 6.20. The molecule has 0 fully saturated rings. The van der Waals surface area contributed by atoms with Crippen LogP contribution < -0.4 is 16.0 Å². The van der Waals surface area contributed by atoms with E-state index in [1.165, 1.54) is 12.3 Å². The van der Waals surface area contributed by atoms with Crippen LogP contribution in [-0.2, 0) is 10.0 Å². The molecule has 0 atom stereocenters. The summed E-state index contributed by atoms with van der Waals surface area (Å²) in [4.78, 5) is 13.8.